The minimum Gasteiger partial charge on any atom is -0.364 e. The summed E-state index contributed by atoms with van der Waals surface area (Å²) in [7, 11) is 0. The molecule has 0 unspecified atom stereocenters. The van der Waals surface area contributed by atoms with Gasteiger partial charge in [0.05, 0.1) is 24.1 Å². The molecule has 0 aliphatic heterocycles. The fourth-order valence-corrected chi connectivity index (χ4v) is 3.37. The number of nitrogens with one attached hydrogen (secondary N) is 1. The number of hydrogen-bond donors (Lipinski definition) is 2. The van der Waals surface area contributed by atoms with Crippen molar-refractivity contribution in [3.05, 3.63) is 84.6 Å². The van der Waals surface area contributed by atoms with Crippen LogP contribution in [-0.2, 0) is 11.3 Å². The van der Waals surface area contributed by atoms with Gasteiger partial charge in [-0.2, -0.15) is 4.98 Å². The molecular formula is C24H22N10O2. The van der Waals surface area contributed by atoms with E-state index in [2.05, 4.69) is 35.7 Å². The summed E-state index contributed by atoms with van der Waals surface area (Å²) in [5, 5.41) is 15.6. The molecule has 1 fully saturated rings. The lowest BCUT2D eigenvalue weighted by molar-refractivity contribution is -0.117. The van der Waals surface area contributed by atoms with Crippen LogP contribution in [0.15, 0.2) is 73.2 Å². The molecule has 180 valence electrons. The van der Waals surface area contributed by atoms with Crippen LogP contribution < -0.4 is 11.1 Å². The molecule has 1 aliphatic rings. The molecule has 0 spiro atoms. The van der Waals surface area contributed by atoms with Gasteiger partial charge in [0.25, 0.3) is 5.91 Å². The number of fused-ring (bicyclic) bond motifs is 1. The van der Waals surface area contributed by atoms with Crippen LogP contribution in [-0.4, -0.2) is 51.4 Å². The lowest BCUT2D eigenvalue weighted by Gasteiger charge is -2.00. The third kappa shape index (κ3) is 5.38. The Balaban J connectivity index is 0.000000252. The maximum Gasteiger partial charge on any atom is 0.267 e. The third-order valence-corrected chi connectivity index (χ3v) is 5.31. The quantitative estimate of drug-likeness (QED) is 0.371. The monoisotopic (exact) mass is 482 g/mol. The molecule has 3 N–H and O–H groups in total. The number of aromatic nitrogens is 8. The van der Waals surface area contributed by atoms with Crippen LogP contribution in [0.25, 0.3) is 17.0 Å². The lowest BCUT2D eigenvalue weighted by Crippen LogP contribution is -2.14. The van der Waals surface area contributed by atoms with E-state index in [0.717, 1.165) is 24.2 Å². The molecule has 0 radical (unpaired) electrons. The zero-order chi connectivity index (χ0) is 24.9. The Labute approximate surface area is 205 Å². The van der Waals surface area contributed by atoms with Crippen molar-refractivity contribution in [3.8, 4) is 11.4 Å². The molecule has 0 bridgehead atoms. The maximum absolute atomic E-state index is 12.0. The van der Waals surface area contributed by atoms with Gasteiger partial charge in [-0.1, -0.05) is 23.4 Å². The minimum absolute atomic E-state index is 0.0197. The number of hydrogen-bond acceptors (Lipinski definition) is 8. The first-order valence-corrected chi connectivity index (χ1v) is 11.2. The van der Waals surface area contributed by atoms with E-state index >= 15 is 0 Å². The van der Waals surface area contributed by atoms with Crippen molar-refractivity contribution < 1.29 is 9.59 Å². The second kappa shape index (κ2) is 10.1. The zero-order valence-electron chi connectivity index (χ0n) is 19.1. The first-order chi connectivity index (χ1) is 17.6. The van der Waals surface area contributed by atoms with Crippen molar-refractivity contribution in [2.24, 2.45) is 11.7 Å². The molecule has 5 aromatic heterocycles. The number of pyridine rings is 3. The molecule has 0 aromatic carbocycles. The van der Waals surface area contributed by atoms with Crippen LogP contribution >= 0.6 is 0 Å². The summed E-state index contributed by atoms with van der Waals surface area (Å²) in [6.07, 6.45) is 6.99. The molecule has 12 heteroatoms. The Morgan fingerprint density at radius 2 is 1.81 bits per heavy atom. The fourth-order valence-electron chi connectivity index (χ4n) is 3.37. The Morgan fingerprint density at radius 1 is 1.00 bits per heavy atom. The molecule has 0 saturated heterocycles. The fraction of sp³-hybridized carbons (Fsp3) is 0.167. The van der Waals surface area contributed by atoms with E-state index in [9.17, 15) is 9.59 Å². The minimum atomic E-state index is -0.490. The van der Waals surface area contributed by atoms with E-state index < -0.39 is 5.91 Å². The van der Waals surface area contributed by atoms with Crippen LogP contribution in [0.3, 0.4) is 0 Å². The number of anilines is 1. The van der Waals surface area contributed by atoms with E-state index in [1.54, 1.807) is 33.6 Å². The number of primary amides is 1. The van der Waals surface area contributed by atoms with E-state index in [4.69, 9.17) is 5.73 Å². The Morgan fingerprint density at radius 3 is 2.47 bits per heavy atom. The van der Waals surface area contributed by atoms with Gasteiger partial charge in [-0.05, 0) is 49.2 Å². The van der Waals surface area contributed by atoms with Crippen molar-refractivity contribution in [3.63, 3.8) is 0 Å². The van der Waals surface area contributed by atoms with Crippen molar-refractivity contribution in [1.82, 2.24) is 39.6 Å². The largest absolute Gasteiger partial charge is 0.364 e. The normalized spacial score (nSPS) is 12.6. The molecular weight excluding hydrogens is 460 g/mol. The Bertz CT molecular complexity index is 1490. The predicted octanol–water partition coefficient (Wildman–Crippen LogP) is 1.96. The van der Waals surface area contributed by atoms with Gasteiger partial charge in [-0.3, -0.25) is 24.9 Å². The number of nitrogens with zero attached hydrogens (tertiary/aromatic N) is 8. The number of carbonyl (C=O) groups excluding carboxylic acids is 2. The summed E-state index contributed by atoms with van der Waals surface area (Å²) in [5.41, 5.74) is 8.17. The average Bonchev–Trinajstić information content (AvgIpc) is 3.52. The van der Waals surface area contributed by atoms with E-state index in [1.807, 2.05) is 42.6 Å². The van der Waals surface area contributed by atoms with Crippen LogP contribution in [0.4, 0.5) is 5.95 Å². The standard InChI is InChI=1S/C18H16N8O.C6H6N2O/c27-17(12-7-8-12)21-18-20-16-6-3-5-15(26(16)23-18)14-11-25(24-22-14)10-13-4-1-2-9-19-13;7-6(9)5-3-1-2-4-8-5/h1-6,9,11-12H,7-8,10H2,(H,21,23,27);1-4H,(H2,7,9). The predicted molar refractivity (Wildman–Crippen MR) is 129 cm³/mol. The van der Waals surface area contributed by atoms with Gasteiger partial charge in [-0.15, -0.1) is 10.2 Å². The SMILES string of the molecule is NC(=O)c1ccccn1.O=C(Nc1nc2cccc(-c3cn(Cc4ccccn4)nn3)n2n1)C1CC1. The van der Waals surface area contributed by atoms with Gasteiger partial charge >= 0.3 is 0 Å². The van der Waals surface area contributed by atoms with Crippen LogP contribution in [0.5, 0.6) is 0 Å². The molecule has 0 atom stereocenters. The van der Waals surface area contributed by atoms with Gasteiger partial charge in [0, 0.05) is 18.3 Å². The van der Waals surface area contributed by atoms with Crippen molar-refractivity contribution in [2.75, 3.05) is 5.32 Å². The summed E-state index contributed by atoms with van der Waals surface area (Å²) in [5.74, 6) is -0.104. The zero-order valence-corrected chi connectivity index (χ0v) is 19.1. The average molecular weight is 483 g/mol. The highest BCUT2D eigenvalue weighted by molar-refractivity contribution is 5.92. The number of nitrogens with two attached hydrogens (primary N) is 1. The molecule has 6 rings (SSSR count). The molecule has 2 amide bonds. The molecule has 36 heavy (non-hydrogen) atoms. The van der Waals surface area contributed by atoms with E-state index in [1.165, 1.54) is 6.20 Å². The van der Waals surface area contributed by atoms with Gasteiger partial charge in [-0.25, -0.2) is 9.20 Å². The van der Waals surface area contributed by atoms with Crippen LogP contribution in [0.2, 0.25) is 0 Å². The Kier molecular flexibility index (Phi) is 6.38. The Hall–Kier alpha value is -5.00. The van der Waals surface area contributed by atoms with Crippen molar-refractivity contribution >= 4 is 23.4 Å². The van der Waals surface area contributed by atoms with E-state index in [-0.39, 0.29) is 11.8 Å². The number of carbonyl (C=O) groups is 2. The van der Waals surface area contributed by atoms with Crippen molar-refractivity contribution in [2.45, 2.75) is 19.4 Å². The molecule has 1 aliphatic carbocycles. The van der Waals surface area contributed by atoms with Crippen LogP contribution in [0.1, 0.15) is 29.0 Å². The first-order valence-electron chi connectivity index (χ1n) is 11.2. The second-order valence-electron chi connectivity index (χ2n) is 8.08. The molecule has 5 aromatic rings. The second-order valence-corrected chi connectivity index (χ2v) is 8.08. The highest BCUT2D eigenvalue weighted by atomic mass is 16.2. The summed E-state index contributed by atoms with van der Waals surface area (Å²) >= 11 is 0. The smallest absolute Gasteiger partial charge is 0.267 e. The summed E-state index contributed by atoms with van der Waals surface area (Å²) < 4.78 is 3.39. The summed E-state index contributed by atoms with van der Waals surface area (Å²) in [6, 6.07) is 16.4. The van der Waals surface area contributed by atoms with Gasteiger partial charge in [0.2, 0.25) is 11.9 Å². The van der Waals surface area contributed by atoms with Gasteiger partial charge < -0.3 is 5.73 Å². The molecule has 12 nitrogen and oxygen atoms in total. The number of amides is 2. The highest BCUT2D eigenvalue weighted by Crippen LogP contribution is 2.30. The van der Waals surface area contributed by atoms with E-state index in [0.29, 0.717) is 29.5 Å². The molecule has 1 saturated carbocycles. The summed E-state index contributed by atoms with van der Waals surface area (Å²) in [6.45, 7) is 0.532. The molecule has 5 heterocycles. The maximum atomic E-state index is 12.0. The van der Waals surface area contributed by atoms with Gasteiger partial charge in [0.15, 0.2) is 5.65 Å². The summed E-state index contributed by atoms with van der Waals surface area (Å²) in [4.78, 5) is 34.7. The van der Waals surface area contributed by atoms with Crippen molar-refractivity contribution in [1.29, 1.82) is 0 Å². The lowest BCUT2D eigenvalue weighted by atomic mass is 10.3. The first kappa shape index (κ1) is 22.8. The number of rotatable bonds is 6. The van der Waals surface area contributed by atoms with Crippen LogP contribution in [0, 0.1) is 5.92 Å². The topological polar surface area (TPSA) is 159 Å². The highest BCUT2D eigenvalue weighted by Gasteiger charge is 2.30. The third-order valence-electron chi connectivity index (χ3n) is 5.31. The van der Waals surface area contributed by atoms with Gasteiger partial charge in [0.1, 0.15) is 11.4 Å².